The van der Waals surface area contributed by atoms with E-state index in [-0.39, 0.29) is 0 Å². The second-order valence-corrected chi connectivity index (χ2v) is 11.2. The summed E-state index contributed by atoms with van der Waals surface area (Å²) in [6.45, 7) is 5.85. The van der Waals surface area contributed by atoms with Gasteiger partial charge in [0.15, 0.2) is 0 Å². The predicted octanol–water partition coefficient (Wildman–Crippen LogP) is 6.71. The highest BCUT2D eigenvalue weighted by molar-refractivity contribution is 6.43. The zero-order valence-electron chi connectivity index (χ0n) is 23.4. The van der Waals surface area contributed by atoms with Gasteiger partial charge in [0.25, 0.3) is 0 Å². The van der Waals surface area contributed by atoms with Gasteiger partial charge in [0.05, 0.1) is 15.7 Å². The van der Waals surface area contributed by atoms with Crippen LogP contribution in [0.2, 0.25) is 10.0 Å². The Morgan fingerprint density at radius 2 is 1.24 bits per heavy atom. The Labute approximate surface area is 252 Å². The molecular weight excluding hydrogens is 555 g/mol. The number of aromatic nitrogens is 4. The molecule has 10 heteroatoms. The molecule has 2 saturated heterocycles. The van der Waals surface area contributed by atoms with Crippen molar-refractivity contribution in [3.05, 3.63) is 87.9 Å². The average Bonchev–Trinajstić information content (AvgIpc) is 3.51. The van der Waals surface area contributed by atoms with Crippen LogP contribution in [0.15, 0.2) is 66.7 Å². The van der Waals surface area contributed by atoms with Gasteiger partial charge in [-0.1, -0.05) is 70.8 Å². The summed E-state index contributed by atoms with van der Waals surface area (Å²) in [5, 5.41) is 16.1. The standard InChI is InChI=1S/C19H20Cl2N6.C12H18N2/c20-15-8-6-10-17(18(15)21)27-19(23-24-25-27)22-13-14-7-2-3-9-16(14)26-11-4-1-5-12-26;13-10-11-6-2-3-7-12(11)14-8-4-1-5-9-14/h2-3,6-10H,1,4-5,11-13H2,(H,22,23,25);2-3,6-7H,1,4-5,8-10,13H2. The molecule has 216 valence electrons. The fraction of sp³-hybridized carbons (Fsp3) is 0.387. The van der Waals surface area contributed by atoms with E-state index in [0.29, 0.717) is 34.8 Å². The molecule has 0 atom stereocenters. The lowest BCUT2D eigenvalue weighted by Crippen LogP contribution is -2.30. The summed E-state index contributed by atoms with van der Waals surface area (Å²) in [5.74, 6) is 0.521. The van der Waals surface area contributed by atoms with Gasteiger partial charge in [0.1, 0.15) is 0 Å². The van der Waals surface area contributed by atoms with Gasteiger partial charge in [-0.25, -0.2) is 0 Å². The summed E-state index contributed by atoms with van der Waals surface area (Å²) in [6, 6.07) is 22.3. The molecule has 8 nitrogen and oxygen atoms in total. The number of anilines is 3. The molecule has 4 aromatic rings. The zero-order chi connectivity index (χ0) is 28.4. The lowest BCUT2D eigenvalue weighted by atomic mass is 10.1. The molecule has 3 heterocycles. The maximum Gasteiger partial charge on any atom is 0.248 e. The van der Waals surface area contributed by atoms with Crippen LogP contribution in [-0.4, -0.2) is 46.4 Å². The molecule has 0 saturated carbocycles. The van der Waals surface area contributed by atoms with Gasteiger partial charge in [-0.15, -0.1) is 0 Å². The van der Waals surface area contributed by atoms with Crippen LogP contribution in [0.25, 0.3) is 5.69 Å². The average molecular weight is 594 g/mol. The van der Waals surface area contributed by atoms with E-state index >= 15 is 0 Å². The van der Waals surface area contributed by atoms with E-state index in [2.05, 4.69) is 79.2 Å². The van der Waals surface area contributed by atoms with Crippen molar-refractivity contribution in [2.75, 3.05) is 41.3 Å². The second kappa shape index (κ2) is 14.5. The van der Waals surface area contributed by atoms with Gasteiger partial charge in [0.2, 0.25) is 5.95 Å². The minimum absolute atomic E-state index is 0.420. The lowest BCUT2D eigenvalue weighted by molar-refractivity contribution is 0.576. The molecule has 0 bridgehead atoms. The summed E-state index contributed by atoms with van der Waals surface area (Å²) in [5.41, 5.74) is 11.5. The quantitative estimate of drug-likeness (QED) is 0.246. The Kier molecular flexibility index (Phi) is 10.3. The molecule has 1 aromatic heterocycles. The molecule has 0 amide bonds. The van der Waals surface area contributed by atoms with Crippen LogP contribution in [-0.2, 0) is 13.1 Å². The number of hydrogen-bond acceptors (Lipinski definition) is 7. The van der Waals surface area contributed by atoms with Crippen LogP contribution in [0.4, 0.5) is 17.3 Å². The number of benzene rings is 3. The number of para-hydroxylation sites is 2. The number of piperidine rings is 2. The number of halogens is 2. The Bertz CT molecular complexity index is 1400. The Hall–Kier alpha value is -3.33. The van der Waals surface area contributed by atoms with Crippen molar-refractivity contribution in [3.8, 4) is 5.69 Å². The molecule has 0 unspecified atom stereocenters. The van der Waals surface area contributed by atoms with E-state index in [9.17, 15) is 0 Å². The number of rotatable bonds is 7. The molecule has 0 radical (unpaired) electrons. The van der Waals surface area contributed by atoms with Crippen molar-refractivity contribution in [2.24, 2.45) is 5.73 Å². The Morgan fingerprint density at radius 1 is 0.683 bits per heavy atom. The van der Waals surface area contributed by atoms with Crippen LogP contribution in [0.5, 0.6) is 0 Å². The van der Waals surface area contributed by atoms with E-state index in [1.165, 1.54) is 74.1 Å². The van der Waals surface area contributed by atoms with Crippen LogP contribution < -0.4 is 20.9 Å². The van der Waals surface area contributed by atoms with Crippen LogP contribution in [0.1, 0.15) is 49.7 Å². The highest BCUT2D eigenvalue weighted by Gasteiger charge is 2.17. The summed E-state index contributed by atoms with van der Waals surface area (Å²) < 4.78 is 1.57. The fourth-order valence-corrected chi connectivity index (χ4v) is 5.90. The van der Waals surface area contributed by atoms with E-state index < -0.39 is 0 Å². The van der Waals surface area contributed by atoms with Crippen molar-refractivity contribution < 1.29 is 0 Å². The molecule has 41 heavy (non-hydrogen) atoms. The van der Waals surface area contributed by atoms with Crippen molar-refractivity contribution in [3.63, 3.8) is 0 Å². The van der Waals surface area contributed by atoms with Gasteiger partial charge in [-0.05, 0) is 84.3 Å². The number of nitrogens with one attached hydrogen (secondary N) is 1. The van der Waals surface area contributed by atoms with Gasteiger partial charge < -0.3 is 20.9 Å². The molecule has 3 aromatic carbocycles. The van der Waals surface area contributed by atoms with Crippen molar-refractivity contribution in [1.29, 1.82) is 0 Å². The summed E-state index contributed by atoms with van der Waals surface area (Å²) >= 11 is 12.4. The third kappa shape index (κ3) is 7.31. The SMILES string of the molecule is Clc1cccc(-n2nnnc2NCc2ccccc2N2CCCCC2)c1Cl.NCc1ccccc1N1CCCCC1. The lowest BCUT2D eigenvalue weighted by Gasteiger charge is -2.30. The molecule has 3 N–H and O–H groups in total. The maximum absolute atomic E-state index is 6.32. The molecule has 2 fully saturated rings. The topological polar surface area (TPSA) is 88.1 Å². The molecule has 0 spiro atoms. The number of hydrogen-bond donors (Lipinski definition) is 2. The minimum Gasteiger partial charge on any atom is -0.371 e. The molecule has 2 aliphatic rings. The monoisotopic (exact) mass is 592 g/mol. The van der Waals surface area contributed by atoms with Gasteiger partial charge in [0, 0.05) is 50.6 Å². The largest absolute Gasteiger partial charge is 0.371 e. The third-order valence-corrected chi connectivity index (χ3v) is 8.47. The summed E-state index contributed by atoms with van der Waals surface area (Å²) in [7, 11) is 0. The zero-order valence-corrected chi connectivity index (χ0v) is 24.9. The van der Waals surface area contributed by atoms with Crippen molar-refractivity contribution in [2.45, 2.75) is 51.6 Å². The first-order valence-corrected chi connectivity index (χ1v) is 15.2. The third-order valence-electron chi connectivity index (χ3n) is 7.66. The van der Waals surface area contributed by atoms with Gasteiger partial charge in [-0.2, -0.15) is 4.68 Å². The smallest absolute Gasteiger partial charge is 0.248 e. The van der Waals surface area contributed by atoms with E-state index in [1.807, 2.05) is 12.1 Å². The maximum atomic E-state index is 6.32. The van der Waals surface area contributed by atoms with E-state index in [0.717, 1.165) is 13.1 Å². The van der Waals surface area contributed by atoms with Gasteiger partial charge in [-0.3, -0.25) is 0 Å². The van der Waals surface area contributed by atoms with Crippen molar-refractivity contribution in [1.82, 2.24) is 20.2 Å². The molecule has 0 aliphatic carbocycles. The first kappa shape index (κ1) is 29.2. The fourth-order valence-electron chi connectivity index (χ4n) is 5.52. The molecule has 6 rings (SSSR count). The molecular formula is C31H38Cl2N8. The Balaban J connectivity index is 0.000000202. The first-order valence-electron chi connectivity index (χ1n) is 14.5. The van der Waals surface area contributed by atoms with Crippen LogP contribution >= 0.6 is 23.2 Å². The highest BCUT2D eigenvalue weighted by atomic mass is 35.5. The predicted molar refractivity (Wildman–Crippen MR) is 169 cm³/mol. The van der Waals surface area contributed by atoms with E-state index in [4.69, 9.17) is 28.9 Å². The Morgan fingerprint density at radius 3 is 1.88 bits per heavy atom. The normalized spacial score (nSPS) is 15.3. The summed E-state index contributed by atoms with van der Waals surface area (Å²) in [6.07, 6.45) is 7.81. The van der Waals surface area contributed by atoms with Crippen molar-refractivity contribution >= 4 is 40.5 Å². The second-order valence-electron chi connectivity index (χ2n) is 10.4. The number of tetrazole rings is 1. The first-order chi connectivity index (χ1) is 20.2. The van der Waals surface area contributed by atoms with Crippen LogP contribution in [0, 0.1) is 0 Å². The number of nitrogens with two attached hydrogens (primary N) is 1. The van der Waals surface area contributed by atoms with Gasteiger partial charge >= 0.3 is 0 Å². The molecule has 2 aliphatic heterocycles. The van der Waals surface area contributed by atoms with Crippen LogP contribution in [0.3, 0.4) is 0 Å². The summed E-state index contributed by atoms with van der Waals surface area (Å²) in [4.78, 5) is 4.92. The number of nitrogens with zero attached hydrogens (tertiary/aromatic N) is 6. The highest BCUT2D eigenvalue weighted by Crippen LogP contribution is 2.30. The minimum atomic E-state index is 0.420. The van der Waals surface area contributed by atoms with E-state index in [1.54, 1.807) is 10.7 Å².